The standard InChI is InChI=1S/C13H16F3NO2/c1-19-12(18)7-6-10(17)8-9-4-2-3-5-11(9)13(14,15)16/h2-5,10H,6-8,17H2,1H3. The molecule has 0 spiro atoms. The van der Waals surface area contributed by atoms with Gasteiger partial charge in [-0.3, -0.25) is 4.79 Å². The highest BCUT2D eigenvalue weighted by Gasteiger charge is 2.33. The molecular formula is C13H16F3NO2. The van der Waals surface area contributed by atoms with Crippen LogP contribution in [0.25, 0.3) is 0 Å². The van der Waals surface area contributed by atoms with Gasteiger partial charge in [0.1, 0.15) is 0 Å². The van der Waals surface area contributed by atoms with Crippen LogP contribution in [0, 0.1) is 0 Å². The van der Waals surface area contributed by atoms with Gasteiger partial charge >= 0.3 is 12.1 Å². The van der Waals surface area contributed by atoms with E-state index in [-0.39, 0.29) is 18.4 Å². The van der Waals surface area contributed by atoms with Crippen molar-refractivity contribution >= 4 is 5.97 Å². The zero-order chi connectivity index (χ0) is 14.5. The highest BCUT2D eigenvalue weighted by Crippen LogP contribution is 2.32. The molecule has 3 nitrogen and oxygen atoms in total. The number of hydrogen-bond donors (Lipinski definition) is 1. The molecule has 0 saturated heterocycles. The summed E-state index contributed by atoms with van der Waals surface area (Å²) >= 11 is 0. The van der Waals surface area contributed by atoms with Crippen molar-refractivity contribution in [2.75, 3.05) is 7.11 Å². The van der Waals surface area contributed by atoms with Gasteiger partial charge in [-0.1, -0.05) is 18.2 Å². The van der Waals surface area contributed by atoms with Crippen molar-refractivity contribution in [1.29, 1.82) is 0 Å². The maximum atomic E-state index is 12.8. The van der Waals surface area contributed by atoms with Gasteiger partial charge in [0.05, 0.1) is 12.7 Å². The Bertz CT molecular complexity index is 432. The van der Waals surface area contributed by atoms with Crippen LogP contribution >= 0.6 is 0 Å². The molecule has 6 heteroatoms. The molecule has 0 aliphatic heterocycles. The lowest BCUT2D eigenvalue weighted by atomic mass is 9.98. The molecule has 0 aromatic heterocycles. The number of nitrogens with two attached hydrogens (primary N) is 1. The minimum absolute atomic E-state index is 0.0761. The minimum atomic E-state index is -4.39. The maximum Gasteiger partial charge on any atom is 0.416 e. The summed E-state index contributed by atoms with van der Waals surface area (Å²) in [6.07, 6.45) is -3.92. The Morgan fingerprint density at radius 3 is 2.58 bits per heavy atom. The molecule has 0 radical (unpaired) electrons. The number of carbonyl (C=O) groups is 1. The SMILES string of the molecule is COC(=O)CCC(N)Cc1ccccc1C(F)(F)F. The van der Waals surface area contributed by atoms with Crippen LogP contribution in [0.15, 0.2) is 24.3 Å². The molecular weight excluding hydrogens is 259 g/mol. The van der Waals surface area contributed by atoms with Gasteiger partial charge < -0.3 is 10.5 Å². The Morgan fingerprint density at radius 1 is 1.37 bits per heavy atom. The van der Waals surface area contributed by atoms with E-state index in [1.807, 2.05) is 0 Å². The summed E-state index contributed by atoms with van der Waals surface area (Å²) in [7, 11) is 1.26. The van der Waals surface area contributed by atoms with Crippen LogP contribution in [-0.4, -0.2) is 19.1 Å². The third kappa shape index (κ3) is 4.90. The Kier molecular flexibility index (Phi) is 5.35. The van der Waals surface area contributed by atoms with Crippen LogP contribution < -0.4 is 5.73 Å². The molecule has 0 aliphatic rings. The van der Waals surface area contributed by atoms with Crippen molar-refractivity contribution in [3.63, 3.8) is 0 Å². The lowest BCUT2D eigenvalue weighted by molar-refractivity contribution is -0.141. The van der Waals surface area contributed by atoms with Gasteiger partial charge in [-0.05, 0) is 24.5 Å². The molecule has 2 N–H and O–H groups in total. The van der Waals surface area contributed by atoms with E-state index < -0.39 is 23.8 Å². The van der Waals surface area contributed by atoms with Crippen LogP contribution in [0.2, 0.25) is 0 Å². The molecule has 1 unspecified atom stereocenters. The lowest BCUT2D eigenvalue weighted by Crippen LogP contribution is -2.25. The van der Waals surface area contributed by atoms with Crippen molar-refractivity contribution < 1.29 is 22.7 Å². The molecule has 1 atom stereocenters. The second-order valence-electron chi connectivity index (χ2n) is 4.23. The summed E-state index contributed by atoms with van der Waals surface area (Å²) in [6.45, 7) is 0. The fraction of sp³-hybridized carbons (Fsp3) is 0.462. The second-order valence-corrected chi connectivity index (χ2v) is 4.23. The van der Waals surface area contributed by atoms with E-state index in [1.54, 1.807) is 0 Å². The van der Waals surface area contributed by atoms with Gasteiger partial charge in [-0.2, -0.15) is 13.2 Å². The predicted molar refractivity (Wildman–Crippen MR) is 64.4 cm³/mol. The number of methoxy groups -OCH3 is 1. The van der Waals surface area contributed by atoms with E-state index in [1.165, 1.54) is 25.3 Å². The topological polar surface area (TPSA) is 52.3 Å². The zero-order valence-electron chi connectivity index (χ0n) is 10.5. The van der Waals surface area contributed by atoms with Crippen molar-refractivity contribution in [2.24, 2.45) is 5.73 Å². The summed E-state index contributed by atoms with van der Waals surface area (Å²) in [6, 6.07) is 4.80. The van der Waals surface area contributed by atoms with Gasteiger partial charge in [0.2, 0.25) is 0 Å². The Labute approximate surface area is 109 Å². The first-order valence-corrected chi connectivity index (χ1v) is 5.82. The number of hydrogen-bond acceptors (Lipinski definition) is 3. The number of halogens is 3. The summed E-state index contributed by atoms with van der Waals surface area (Å²) in [5.74, 6) is -0.417. The normalized spacial score (nSPS) is 13.1. The molecule has 19 heavy (non-hydrogen) atoms. The van der Waals surface area contributed by atoms with Crippen LogP contribution in [0.3, 0.4) is 0 Å². The monoisotopic (exact) mass is 275 g/mol. The number of carbonyl (C=O) groups excluding carboxylic acids is 1. The van der Waals surface area contributed by atoms with E-state index in [9.17, 15) is 18.0 Å². The average molecular weight is 275 g/mol. The number of alkyl halides is 3. The van der Waals surface area contributed by atoms with Crippen molar-refractivity contribution in [1.82, 2.24) is 0 Å². The lowest BCUT2D eigenvalue weighted by Gasteiger charge is -2.16. The number of rotatable bonds is 5. The molecule has 106 valence electrons. The maximum absolute atomic E-state index is 12.8. The predicted octanol–water partition coefficient (Wildman–Crippen LogP) is 2.53. The Morgan fingerprint density at radius 2 is 2.00 bits per heavy atom. The summed E-state index contributed by atoms with van der Waals surface area (Å²) < 4.78 is 42.7. The van der Waals surface area contributed by atoms with E-state index in [0.29, 0.717) is 6.42 Å². The summed E-state index contributed by atoms with van der Waals surface area (Å²) in [4.78, 5) is 10.9. The van der Waals surface area contributed by atoms with Gasteiger partial charge in [0.25, 0.3) is 0 Å². The molecule has 1 rings (SSSR count). The third-order valence-electron chi connectivity index (χ3n) is 2.75. The zero-order valence-corrected chi connectivity index (χ0v) is 10.5. The Balaban J connectivity index is 2.69. The molecule has 0 amide bonds. The summed E-state index contributed by atoms with van der Waals surface area (Å²) in [5.41, 5.74) is 5.21. The minimum Gasteiger partial charge on any atom is -0.469 e. The molecule has 1 aromatic rings. The fourth-order valence-corrected chi connectivity index (χ4v) is 1.76. The van der Waals surface area contributed by atoms with Crippen LogP contribution in [-0.2, 0) is 22.1 Å². The van der Waals surface area contributed by atoms with Gasteiger partial charge in [0, 0.05) is 12.5 Å². The van der Waals surface area contributed by atoms with Gasteiger partial charge in [-0.25, -0.2) is 0 Å². The number of benzene rings is 1. The van der Waals surface area contributed by atoms with E-state index >= 15 is 0 Å². The number of esters is 1. The van der Waals surface area contributed by atoms with Crippen molar-refractivity contribution in [3.8, 4) is 0 Å². The fourth-order valence-electron chi connectivity index (χ4n) is 1.76. The van der Waals surface area contributed by atoms with Crippen LogP contribution in [0.4, 0.5) is 13.2 Å². The first kappa shape index (κ1) is 15.5. The van der Waals surface area contributed by atoms with Crippen molar-refractivity contribution in [2.45, 2.75) is 31.5 Å². The quantitative estimate of drug-likeness (QED) is 0.840. The molecule has 0 saturated carbocycles. The summed E-state index contributed by atoms with van der Waals surface area (Å²) in [5, 5.41) is 0. The third-order valence-corrected chi connectivity index (χ3v) is 2.75. The first-order chi connectivity index (χ1) is 8.84. The smallest absolute Gasteiger partial charge is 0.416 e. The van der Waals surface area contributed by atoms with Crippen LogP contribution in [0.1, 0.15) is 24.0 Å². The molecule has 0 bridgehead atoms. The second kappa shape index (κ2) is 6.56. The Hall–Kier alpha value is -1.56. The van der Waals surface area contributed by atoms with Crippen molar-refractivity contribution in [3.05, 3.63) is 35.4 Å². The van der Waals surface area contributed by atoms with Gasteiger partial charge in [-0.15, -0.1) is 0 Å². The molecule has 0 fully saturated rings. The highest BCUT2D eigenvalue weighted by molar-refractivity contribution is 5.69. The van der Waals surface area contributed by atoms with E-state index in [2.05, 4.69) is 4.74 Å². The number of ether oxygens (including phenoxy) is 1. The van der Waals surface area contributed by atoms with E-state index in [4.69, 9.17) is 5.73 Å². The first-order valence-electron chi connectivity index (χ1n) is 5.82. The molecule has 0 heterocycles. The van der Waals surface area contributed by atoms with Gasteiger partial charge in [0.15, 0.2) is 0 Å². The average Bonchev–Trinajstić information content (AvgIpc) is 2.35. The largest absolute Gasteiger partial charge is 0.469 e. The molecule has 1 aromatic carbocycles. The molecule has 0 aliphatic carbocycles. The highest BCUT2D eigenvalue weighted by atomic mass is 19.4. The van der Waals surface area contributed by atoms with E-state index in [0.717, 1.165) is 6.07 Å². The van der Waals surface area contributed by atoms with Crippen LogP contribution in [0.5, 0.6) is 0 Å².